The molecular weight excluding hydrogens is 610 g/mol. The third kappa shape index (κ3) is 5.78. The molecule has 0 bridgehead atoms. The van der Waals surface area contributed by atoms with Crippen molar-refractivity contribution in [2.75, 3.05) is 18.1 Å². The summed E-state index contributed by atoms with van der Waals surface area (Å²) in [5.41, 5.74) is 0.834. The number of aromatic nitrogens is 1. The molecule has 1 fully saturated rings. The second-order valence-corrected chi connectivity index (χ2v) is 12.9. The van der Waals surface area contributed by atoms with Gasteiger partial charge in [0.2, 0.25) is 15.2 Å². The van der Waals surface area contributed by atoms with Gasteiger partial charge in [0, 0.05) is 23.1 Å². The van der Waals surface area contributed by atoms with E-state index in [1.165, 1.54) is 58.3 Å². The van der Waals surface area contributed by atoms with Crippen molar-refractivity contribution in [3.8, 4) is 0 Å². The maximum Gasteiger partial charge on any atom is 0.433 e. The molecule has 0 spiro atoms. The Morgan fingerprint density at radius 1 is 1.26 bits per heavy atom. The molecule has 0 aliphatic carbocycles. The number of amides is 1. The molecule has 0 saturated carbocycles. The zero-order valence-electron chi connectivity index (χ0n) is 20.6. The van der Waals surface area contributed by atoms with Crippen LogP contribution in [0.2, 0.25) is 0 Å². The summed E-state index contributed by atoms with van der Waals surface area (Å²) in [5, 5.41) is 16.5. The molecule has 0 N–H and O–H groups in total. The van der Waals surface area contributed by atoms with E-state index in [4.69, 9.17) is 4.42 Å². The molecule has 202 valence electrons. The van der Waals surface area contributed by atoms with Gasteiger partial charge in [-0.2, -0.15) is 14.4 Å². The summed E-state index contributed by atoms with van der Waals surface area (Å²) >= 11 is 4.65. The Balaban J connectivity index is 1.47. The van der Waals surface area contributed by atoms with Gasteiger partial charge in [-0.1, -0.05) is 34.2 Å². The van der Waals surface area contributed by atoms with Gasteiger partial charge in [-0.15, -0.1) is 0 Å². The van der Waals surface area contributed by atoms with Crippen molar-refractivity contribution in [1.82, 2.24) is 9.29 Å². The van der Waals surface area contributed by atoms with Gasteiger partial charge in [-0.3, -0.25) is 14.9 Å². The molecule has 3 heterocycles. The number of hydrogen-bond donors (Lipinski definition) is 0. The van der Waals surface area contributed by atoms with Crippen molar-refractivity contribution in [2.45, 2.75) is 24.7 Å². The van der Waals surface area contributed by atoms with E-state index >= 15 is 0 Å². The number of rotatable bonds is 7. The minimum atomic E-state index is -3.69. The fourth-order valence-corrected chi connectivity index (χ4v) is 7.27. The molecule has 0 radical (unpaired) electrons. The van der Waals surface area contributed by atoms with E-state index in [1.807, 2.05) is 19.1 Å². The van der Waals surface area contributed by atoms with Crippen LogP contribution in [0.3, 0.4) is 0 Å². The van der Waals surface area contributed by atoms with Gasteiger partial charge in [0.05, 0.1) is 27.4 Å². The second kappa shape index (κ2) is 11.0. The predicted octanol–water partition coefficient (Wildman–Crippen LogP) is 5.66. The third-order valence-electron chi connectivity index (χ3n) is 6.16. The zero-order chi connectivity index (χ0) is 27.7. The Morgan fingerprint density at radius 2 is 2.03 bits per heavy atom. The monoisotopic (exact) mass is 631 g/mol. The summed E-state index contributed by atoms with van der Waals surface area (Å²) in [7, 11) is -3.69. The SMILES string of the molecule is CC1CCCN(S(=O)(=O)c2ccc(C(=O)N(/N=C/c3ccc([N+](=O)[O-])o3)c3nc4ccc(Br)cc4s3)cc2)C1. The average molecular weight is 633 g/mol. The van der Waals surface area contributed by atoms with Gasteiger partial charge < -0.3 is 4.42 Å². The number of thiazole rings is 1. The minimum Gasteiger partial charge on any atom is -0.400 e. The van der Waals surface area contributed by atoms with Crippen molar-refractivity contribution in [2.24, 2.45) is 11.0 Å². The Hall–Kier alpha value is -3.46. The van der Waals surface area contributed by atoms with Crippen LogP contribution in [0.1, 0.15) is 35.9 Å². The van der Waals surface area contributed by atoms with E-state index in [0.29, 0.717) is 18.6 Å². The summed E-state index contributed by atoms with van der Waals surface area (Å²) in [4.78, 5) is 28.5. The van der Waals surface area contributed by atoms with Crippen molar-refractivity contribution in [3.05, 3.63) is 80.5 Å². The number of nitrogens with zero attached hydrogens (tertiary/aromatic N) is 5. The quantitative estimate of drug-likeness (QED) is 0.146. The van der Waals surface area contributed by atoms with Crippen LogP contribution in [0.4, 0.5) is 11.0 Å². The van der Waals surface area contributed by atoms with Gasteiger partial charge in [0.15, 0.2) is 5.76 Å². The molecule has 1 atom stereocenters. The van der Waals surface area contributed by atoms with E-state index in [0.717, 1.165) is 27.0 Å². The molecule has 1 aliphatic rings. The number of sulfonamides is 1. The lowest BCUT2D eigenvalue weighted by Crippen LogP contribution is -2.39. The first-order valence-electron chi connectivity index (χ1n) is 11.9. The number of carbonyl (C=O) groups excluding carboxylic acids is 1. The molecule has 1 saturated heterocycles. The number of fused-ring (bicyclic) bond motifs is 1. The summed E-state index contributed by atoms with van der Waals surface area (Å²) in [6.07, 6.45) is 2.98. The maximum atomic E-state index is 13.6. The molecule has 2 aromatic carbocycles. The van der Waals surface area contributed by atoms with Gasteiger partial charge in [-0.05, 0) is 67.3 Å². The Morgan fingerprint density at radius 3 is 2.72 bits per heavy atom. The normalized spacial score (nSPS) is 16.6. The van der Waals surface area contributed by atoms with Crippen LogP contribution in [0.25, 0.3) is 10.2 Å². The number of hydrogen-bond acceptors (Lipinski definition) is 9. The van der Waals surface area contributed by atoms with E-state index < -0.39 is 26.7 Å². The van der Waals surface area contributed by atoms with Crippen LogP contribution in [-0.2, 0) is 10.0 Å². The molecule has 4 aromatic rings. The molecule has 1 unspecified atom stereocenters. The zero-order valence-corrected chi connectivity index (χ0v) is 23.8. The molecule has 5 rings (SSSR count). The number of carbonyl (C=O) groups is 1. The van der Waals surface area contributed by atoms with Crippen molar-refractivity contribution in [1.29, 1.82) is 0 Å². The molecule has 11 nitrogen and oxygen atoms in total. The summed E-state index contributed by atoms with van der Waals surface area (Å²) < 4.78 is 34.5. The third-order valence-corrected chi connectivity index (χ3v) is 9.53. The summed E-state index contributed by atoms with van der Waals surface area (Å²) in [5.74, 6) is -0.675. The van der Waals surface area contributed by atoms with Crippen LogP contribution in [0, 0.1) is 16.0 Å². The fraction of sp³-hybridized carbons (Fsp3) is 0.240. The standard InChI is InChI=1S/C25H22BrN5O6S2/c1-16-3-2-12-29(15-16)39(35,36)20-8-4-17(5-9-20)24(32)30(27-14-19-7-11-23(37-19)31(33)34)25-28-21-10-6-18(26)13-22(21)38-25/h4-11,13-14,16H,2-3,12,15H2,1H3/b27-14+. The van der Waals surface area contributed by atoms with Crippen LogP contribution < -0.4 is 5.01 Å². The summed E-state index contributed by atoms with van der Waals surface area (Å²) in [6.45, 7) is 2.96. The predicted molar refractivity (Wildman–Crippen MR) is 151 cm³/mol. The second-order valence-electron chi connectivity index (χ2n) is 9.04. The number of anilines is 1. The van der Waals surface area contributed by atoms with Crippen molar-refractivity contribution >= 4 is 70.6 Å². The average Bonchev–Trinajstić information content (AvgIpc) is 3.56. The van der Waals surface area contributed by atoms with Crippen molar-refractivity contribution in [3.63, 3.8) is 0 Å². The number of hydrazone groups is 1. The molecular formula is C25H22BrN5O6S2. The van der Waals surface area contributed by atoms with Gasteiger partial charge >= 0.3 is 5.88 Å². The van der Waals surface area contributed by atoms with E-state index in [-0.39, 0.29) is 27.3 Å². The van der Waals surface area contributed by atoms with Gasteiger partial charge in [-0.25, -0.2) is 13.4 Å². The first-order valence-corrected chi connectivity index (χ1v) is 15.0. The maximum absolute atomic E-state index is 13.6. The molecule has 14 heteroatoms. The van der Waals surface area contributed by atoms with Crippen LogP contribution in [0.5, 0.6) is 0 Å². The number of benzene rings is 2. The topological polar surface area (TPSA) is 139 Å². The highest BCUT2D eigenvalue weighted by atomic mass is 79.9. The fourth-order valence-electron chi connectivity index (χ4n) is 4.20. The van der Waals surface area contributed by atoms with E-state index in [1.54, 1.807) is 6.07 Å². The van der Waals surface area contributed by atoms with Gasteiger partial charge in [0.25, 0.3) is 5.91 Å². The molecule has 2 aromatic heterocycles. The molecule has 1 aliphatic heterocycles. The van der Waals surface area contributed by atoms with E-state index in [9.17, 15) is 23.3 Å². The number of furan rings is 1. The Labute approximate surface area is 236 Å². The lowest BCUT2D eigenvalue weighted by Gasteiger charge is -2.30. The molecule has 39 heavy (non-hydrogen) atoms. The smallest absolute Gasteiger partial charge is 0.400 e. The van der Waals surface area contributed by atoms with Crippen molar-refractivity contribution < 1.29 is 22.6 Å². The number of nitro groups is 1. The van der Waals surface area contributed by atoms with Gasteiger partial charge in [0.1, 0.15) is 4.92 Å². The number of piperidine rings is 1. The lowest BCUT2D eigenvalue weighted by atomic mass is 10.0. The van der Waals surface area contributed by atoms with Crippen LogP contribution >= 0.6 is 27.3 Å². The minimum absolute atomic E-state index is 0.0700. The summed E-state index contributed by atoms with van der Waals surface area (Å²) in [6, 6.07) is 13.7. The van der Waals surface area contributed by atoms with Crippen LogP contribution in [-0.4, -0.2) is 47.8 Å². The van der Waals surface area contributed by atoms with E-state index in [2.05, 4.69) is 26.0 Å². The Bertz CT molecular complexity index is 1680. The first-order chi connectivity index (χ1) is 18.6. The highest BCUT2D eigenvalue weighted by Crippen LogP contribution is 2.32. The number of halogens is 1. The highest BCUT2D eigenvalue weighted by molar-refractivity contribution is 9.10. The first kappa shape index (κ1) is 27.1. The van der Waals surface area contributed by atoms with Crippen LogP contribution in [0.15, 0.2) is 73.5 Å². The lowest BCUT2D eigenvalue weighted by molar-refractivity contribution is -0.402. The largest absolute Gasteiger partial charge is 0.433 e. The molecule has 1 amide bonds. The Kier molecular flexibility index (Phi) is 7.62. The highest BCUT2D eigenvalue weighted by Gasteiger charge is 2.29.